The Balaban J connectivity index is 1.55. The van der Waals surface area contributed by atoms with Crippen molar-refractivity contribution in [2.75, 3.05) is 25.0 Å². The SMILES string of the molecule is CCCN(CC(=O)N1CCn2cccc2C1c1ccccc1)C(=O)Nc1cccc(C)c1C. The highest BCUT2D eigenvalue weighted by Crippen LogP contribution is 2.32. The Morgan fingerprint density at radius 2 is 1.79 bits per heavy atom. The molecule has 1 aromatic heterocycles. The highest BCUT2D eigenvalue weighted by molar-refractivity contribution is 5.93. The normalized spacial score (nSPS) is 15.1. The summed E-state index contributed by atoms with van der Waals surface area (Å²) in [6, 6.07) is 19.7. The Kier molecular flexibility index (Phi) is 6.82. The molecule has 6 heteroatoms. The summed E-state index contributed by atoms with van der Waals surface area (Å²) in [7, 11) is 0. The molecule has 1 aliphatic rings. The van der Waals surface area contributed by atoms with Gasteiger partial charge in [-0.2, -0.15) is 0 Å². The fourth-order valence-corrected chi connectivity index (χ4v) is 4.50. The van der Waals surface area contributed by atoms with Crippen LogP contribution in [-0.4, -0.2) is 45.9 Å². The van der Waals surface area contributed by atoms with E-state index in [4.69, 9.17) is 0 Å². The second kappa shape index (κ2) is 9.94. The lowest BCUT2D eigenvalue weighted by Gasteiger charge is -2.38. The van der Waals surface area contributed by atoms with Crippen LogP contribution in [0.15, 0.2) is 66.9 Å². The van der Waals surface area contributed by atoms with Crippen LogP contribution < -0.4 is 5.32 Å². The number of aromatic nitrogens is 1. The third-order valence-electron chi connectivity index (χ3n) is 6.43. The van der Waals surface area contributed by atoms with Gasteiger partial charge in [-0.05, 0) is 55.2 Å². The predicted molar refractivity (Wildman–Crippen MR) is 131 cm³/mol. The van der Waals surface area contributed by atoms with Gasteiger partial charge in [0.15, 0.2) is 0 Å². The van der Waals surface area contributed by atoms with Crippen LogP contribution in [0.3, 0.4) is 0 Å². The van der Waals surface area contributed by atoms with Gasteiger partial charge in [0, 0.05) is 37.2 Å². The number of aryl methyl sites for hydroxylation is 1. The third-order valence-corrected chi connectivity index (χ3v) is 6.43. The van der Waals surface area contributed by atoms with E-state index in [2.05, 4.69) is 34.3 Å². The maximum absolute atomic E-state index is 13.6. The Hall–Kier alpha value is -3.54. The molecular formula is C27H32N4O2. The first-order chi connectivity index (χ1) is 16.0. The Morgan fingerprint density at radius 1 is 1.00 bits per heavy atom. The second-order valence-electron chi connectivity index (χ2n) is 8.63. The fourth-order valence-electron chi connectivity index (χ4n) is 4.50. The quantitative estimate of drug-likeness (QED) is 0.583. The minimum absolute atomic E-state index is 0.0409. The van der Waals surface area contributed by atoms with Crippen molar-refractivity contribution in [1.82, 2.24) is 14.4 Å². The van der Waals surface area contributed by atoms with Crippen LogP contribution in [0, 0.1) is 13.8 Å². The Morgan fingerprint density at radius 3 is 2.55 bits per heavy atom. The topological polar surface area (TPSA) is 57.6 Å². The lowest BCUT2D eigenvalue weighted by molar-refractivity contribution is -0.134. The lowest BCUT2D eigenvalue weighted by atomic mass is 10.00. The van der Waals surface area contributed by atoms with Crippen LogP contribution in [0.1, 0.15) is 41.8 Å². The summed E-state index contributed by atoms with van der Waals surface area (Å²) in [5.41, 5.74) is 5.11. The molecule has 0 fully saturated rings. The average Bonchev–Trinajstić information content (AvgIpc) is 3.30. The van der Waals surface area contributed by atoms with E-state index in [1.807, 2.05) is 68.1 Å². The molecule has 2 heterocycles. The van der Waals surface area contributed by atoms with Gasteiger partial charge < -0.3 is 19.7 Å². The van der Waals surface area contributed by atoms with Crippen LogP contribution in [0.5, 0.6) is 0 Å². The number of carbonyl (C=O) groups is 2. The van der Waals surface area contributed by atoms with Crippen LogP contribution in [0.4, 0.5) is 10.5 Å². The molecule has 1 atom stereocenters. The fraction of sp³-hybridized carbons (Fsp3) is 0.333. The van der Waals surface area contributed by atoms with Crippen molar-refractivity contribution in [2.45, 2.75) is 39.8 Å². The summed E-state index contributed by atoms with van der Waals surface area (Å²) >= 11 is 0. The van der Waals surface area contributed by atoms with Crippen molar-refractivity contribution in [3.63, 3.8) is 0 Å². The summed E-state index contributed by atoms with van der Waals surface area (Å²) in [6.07, 6.45) is 2.84. The highest BCUT2D eigenvalue weighted by atomic mass is 16.2. The van der Waals surface area contributed by atoms with Crippen molar-refractivity contribution < 1.29 is 9.59 Å². The molecule has 2 aromatic carbocycles. The number of amides is 3. The van der Waals surface area contributed by atoms with E-state index in [0.717, 1.165) is 41.0 Å². The zero-order valence-corrected chi connectivity index (χ0v) is 19.6. The molecule has 1 unspecified atom stereocenters. The molecule has 1 aliphatic heterocycles. The molecule has 0 saturated heterocycles. The van der Waals surface area contributed by atoms with Crippen LogP contribution >= 0.6 is 0 Å². The number of fused-ring (bicyclic) bond motifs is 1. The zero-order chi connectivity index (χ0) is 23.4. The van der Waals surface area contributed by atoms with Gasteiger partial charge in [0.2, 0.25) is 5.91 Å². The number of benzene rings is 2. The predicted octanol–water partition coefficient (Wildman–Crippen LogP) is 4.98. The highest BCUT2D eigenvalue weighted by Gasteiger charge is 2.33. The van der Waals surface area contributed by atoms with Crippen molar-refractivity contribution in [3.05, 3.63) is 89.2 Å². The van der Waals surface area contributed by atoms with Crippen molar-refractivity contribution in [2.24, 2.45) is 0 Å². The Labute approximate surface area is 195 Å². The van der Waals surface area contributed by atoms with E-state index in [-0.39, 0.29) is 24.5 Å². The van der Waals surface area contributed by atoms with Gasteiger partial charge in [-0.15, -0.1) is 0 Å². The summed E-state index contributed by atoms with van der Waals surface area (Å²) in [4.78, 5) is 30.2. The lowest BCUT2D eigenvalue weighted by Crippen LogP contribution is -2.48. The minimum Gasteiger partial charge on any atom is -0.348 e. The largest absolute Gasteiger partial charge is 0.348 e. The number of rotatable bonds is 6. The average molecular weight is 445 g/mol. The van der Waals surface area contributed by atoms with E-state index >= 15 is 0 Å². The van der Waals surface area contributed by atoms with Gasteiger partial charge in [0.25, 0.3) is 0 Å². The summed E-state index contributed by atoms with van der Waals surface area (Å²) in [5, 5.41) is 3.01. The number of urea groups is 1. The molecule has 1 N–H and O–H groups in total. The molecule has 4 rings (SSSR count). The van der Waals surface area contributed by atoms with E-state index in [1.165, 1.54) is 0 Å². The van der Waals surface area contributed by atoms with Gasteiger partial charge >= 0.3 is 6.03 Å². The summed E-state index contributed by atoms with van der Waals surface area (Å²) < 4.78 is 2.21. The van der Waals surface area contributed by atoms with Crippen molar-refractivity contribution >= 4 is 17.6 Å². The molecule has 3 amide bonds. The van der Waals surface area contributed by atoms with E-state index in [9.17, 15) is 9.59 Å². The van der Waals surface area contributed by atoms with E-state index < -0.39 is 0 Å². The van der Waals surface area contributed by atoms with E-state index in [0.29, 0.717) is 13.1 Å². The first kappa shape index (κ1) is 22.6. The molecule has 33 heavy (non-hydrogen) atoms. The third kappa shape index (κ3) is 4.80. The van der Waals surface area contributed by atoms with Crippen LogP contribution in [-0.2, 0) is 11.3 Å². The molecule has 0 spiro atoms. The second-order valence-corrected chi connectivity index (χ2v) is 8.63. The molecule has 0 aliphatic carbocycles. The number of carbonyl (C=O) groups excluding carboxylic acids is 2. The number of hydrogen-bond donors (Lipinski definition) is 1. The summed E-state index contributed by atoms with van der Waals surface area (Å²) in [5.74, 6) is -0.0409. The van der Waals surface area contributed by atoms with Crippen molar-refractivity contribution in [1.29, 1.82) is 0 Å². The number of nitrogens with one attached hydrogen (secondary N) is 1. The van der Waals surface area contributed by atoms with Gasteiger partial charge in [0.1, 0.15) is 6.54 Å². The zero-order valence-electron chi connectivity index (χ0n) is 19.6. The molecule has 0 bridgehead atoms. The monoisotopic (exact) mass is 444 g/mol. The van der Waals surface area contributed by atoms with Gasteiger partial charge in [-0.3, -0.25) is 4.79 Å². The van der Waals surface area contributed by atoms with Gasteiger partial charge in [-0.1, -0.05) is 49.4 Å². The minimum atomic E-state index is -0.240. The van der Waals surface area contributed by atoms with Crippen LogP contribution in [0.25, 0.3) is 0 Å². The van der Waals surface area contributed by atoms with Gasteiger partial charge in [0.05, 0.1) is 6.04 Å². The molecular weight excluding hydrogens is 412 g/mol. The number of anilines is 1. The standard InChI is InChI=1S/C27H32N4O2/c1-4-15-30(27(33)28-23-13-8-10-20(2)21(23)3)19-25(32)31-18-17-29-16-9-14-24(29)26(31)22-11-6-5-7-12-22/h5-14,16,26H,4,15,17-19H2,1-3H3,(H,28,33). The molecule has 3 aromatic rings. The smallest absolute Gasteiger partial charge is 0.322 e. The molecule has 172 valence electrons. The van der Waals surface area contributed by atoms with Crippen molar-refractivity contribution in [3.8, 4) is 0 Å². The first-order valence-electron chi connectivity index (χ1n) is 11.6. The number of hydrogen-bond acceptors (Lipinski definition) is 2. The summed E-state index contributed by atoms with van der Waals surface area (Å²) in [6.45, 7) is 7.96. The van der Waals surface area contributed by atoms with Gasteiger partial charge in [-0.25, -0.2) is 4.79 Å². The maximum atomic E-state index is 13.6. The maximum Gasteiger partial charge on any atom is 0.322 e. The molecule has 6 nitrogen and oxygen atoms in total. The molecule has 0 radical (unpaired) electrons. The van der Waals surface area contributed by atoms with E-state index in [1.54, 1.807) is 4.90 Å². The number of nitrogens with zero attached hydrogens (tertiary/aromatic N) is 3. The van der Waals surface area contributed by atoms with Crippen LogP contribution in [0.2, 0.25) is 0 Å². The first-order valence-corrected chi connectivity index (χ1v) is 11.6. The Bertz CT molecular complexity index is 1120. The molecule has 0 saturated carbocycles.